The summed E-state index contributed by atoms with van der Waals surface area (Å²) in [4.78, 5) is 22.9. The van der Waals surface area contributed by atoms with E-state index in [4.69, 9.17) is 4.74 Å². The van der Waals surface area contributed by atoms with Gasteiger partial charge in [-0.2, -0.15) is 0 Å². The van der Waals surface area contributed by atoms with E-state index < -0.39 is 0 Å². The molecule has 0 aliphatic carbocycles. The number of anilines is 2. The Labute approximate surface area is 147 Å². The van der Waals surface area contributed by atoms with Gasteiger partial charge < -0.3 is 20.3 Å². The van der Waals surface area contributed by atoms with Gasteiger partial charge in [0, 0.05) is 43.3 Å². The highest BCUT2D eigenvalue weighted by Gasteiger charge is 2.21. The molecule has 0 spiro atoms. The first kappa shape index (κ1) is 17.0. The minimum atomic E-state index is -0.186. The summed E-state index contributed by atoms with van der Waals surface area (Å²) in [5.41, 5.74) is 1.75. The molecule has 1 fully saturated rings. The normalized spacial score (nSPS) is 14.9. The number of methoxy groups -OCH3 is 1. The number of nitrogens with one attached hydrogen (secondary N) is 2. The summed E-state index contributed by atoms with van der Waals surface area (Å²) >= 11 is 0. The number of benzene rings is 1. The first-order chi connectivity index (χ1) is 12.2. The molecular formula is C18H23N5O2. The Bertz CT molecular complexity index is 715. The highest BCUT2D eigenvalue weighted by Crippen LogP contribution is 2.22. The lowest BCUT2D eigenvalue weighted by Crippen LogP contribution is -2.46. The molecular weight excluding hydrogens is 318 g/mol. The van der Waals surface area contributed by atoms with Crippen molar-refractivity contribution in [3.8, 4) is 5.75 Å². The molecule has 0 bridgehead atoms. The average molecular weight is 341 g/mol. The average Bonchev–Trinajstić information content (AvgIpc) is 2.65. The number of carbonyl (C=O) groups is 1. The van der Waals surface area contributed by atoms with Gasteiger partial charge in [0.05, 0.1) is 13.3 Å². The van der Waals surface area contributed by atoms with Crippen molar-refractivity contribution in [2.24, 2.45) is 0 Å². The van der Waals surface area contributed by atoms with Crippen LogP contribution in [0.1, 0.15) is 18.4 Å². The summed E-state index contributed by atoms with van der Waals surface area (Å²) in [6.07, 6.45) is 6.89. The predicted molar refractivity (Wildman–Crippen MR) is 97.2 cm³/mol. The van der Waals surface area contributed by atoms with E-state index in [1.807, 2.05) is 25.1 Å². The number of aromatic nitrogens is 2. The van der Waals surface area contributed by atoms with Gasteiger partial charge in [0.2, 0.25) is 0 Å². The van der Waals surface area contributed by atoms with Crippen molar-refractivity contribution in [1.29, 1.82) is 0 Å². The van der Waals surface area contributed by atoms with E-state index in [1.54, 1.807) is 25.7 Å². The van der Waals surface area contributed by atoms with E-state index in [-0.39, 0.29) is 12.1 Å². The molecule has 7 heteroatoms. The molecule has 1 aliphatic rings. The van der Waals surface area contributed by atoms with Crippen LogP contribution in [-0.4, -0.2) is 42.2 Å². The molecule has 25 heavy (non-hydrogen) atoms. The summed E-state index contributed by atoms with van der Waals surface area (Å²) < 4.78 is 5.21. The van der Waals surface area contributed by atoms with Gasteiger partial charge in [-0.1, -0.05) is 6.07 Å². The molecule has 2 N–H and O–H groups in total. The van der Waals surface area contributed by atoms with Crippen LogP contribution in [0.4, 0.5) is 16.3 Å². The zero-order chi connectivity index (χ0) is 17.6. The lowest BCUT2D eigenvalue weighted by atomic mass is 10.1. The van der Waals surface area contributed by atoms with Gasteiger partial charge in [-0.05, 0) is 31.4 Å². The number of rotatable bonds is 4. The van der Waals surface area contributed by atoms with Gasteiger partial charge in [-0.3, -0.25) is 4.98 Å². The Morgan fingerprint density at radius 2 is 2.08 bits per heavy atom. The summed E-state index contributed by atoms with van der Waals surface area (Å²) in [7, 11) is 1.61. The van der Waals surface area contributed by atoms with Gasteiger partial charge in [0.15, 0.2) is 0 Å². The van der Waals surface area contributed by atoms with Crippen LogP contribution in [0.5, 0.6) is 5.75 Å². The van der Waals surface area contributed by atoms with Gasteiger partial charge in [0.25, 0.3) is 0 Å². The van der Waals surface area contributed by atoms with Crippen LogP contribution in [0.2, 0.25) is 0 Å². The molecule has 0 radical (unpaired) electrons. The number of aryl methyl sites for hydroxylation is 1. The maximum atomic E-state index is 12.3. The minimum absolute atomic E-state index is 0.152. The van der Waals surface area contributed by atoms with Crippen molar-refractivity contribution < 1.29 is 9.53 Å². The number of hydrogen-bond acceptors (Lipinski definition) is 5. The first-order valence-corrected chi connectivity index (χ1v) is 8.39. The smallest absolute Gasteiger partial charge is 0.319 e. The van der Waals surface area contributed by atoms with Gasteiger partial charge in [-0.15, -0.1) is 0 Å². The monoisotopic (exact) mass is 341 g/mol. The number of ether oxygens (including phenoxy) is 1. The SMILES string of the molecule is COc1ccc(C)c(NC(=O)NC2CCN(c3cnccn3)CC2)c1. The van der Waals surface area contributed by atoms with Crippen LogP contribution >= 0.6 is 0 Å². The quantitative estimate of drug-likeness (QED) is 0.893. The highest BCUT2D eigenvalue weighted by molar-refractivity contribution is 5.90. The molecule has 2 aromatic rings. The molecule has 1 aliphatic heterocycles. The zero-order valence-corrected chi connectivity index (χ0v) is 14.5. The largest absolute Gasteiger partial charge is 0.497 e. The fourth-order valence-electron chi connectivity index (χ4n) is 2.91. The molecule has 7 nitrogen and oxygen atoms in total. The second kappa shape index (κ2) is 7.83. The molecule has 1 aromatic heterocycles. The Balaban J connectivity index is 1.51. The summed E-state index contributed by atoms with van der Waals surface area (Å²) in [5.74, 6) is 1.61. The summed E-state index contributed by atoms with van der Waals surface area (Å²) in [6.45, 7) is 3.65. The second-order valence-corrected chi connectivity index (χ2v) is 6.10. The molecule has 0 atom stereocenters. The van der Waals surface area contributed by atoms with Gasteiger partial charge >= 0.3 is 6.03 Å². The van der Waals surface area contributed by atoms with E-state index >= 15 is 0 Å². The van der Waals surface area contributed by atoms with E-state index in [1.165, 1.54) is 0 Å². The fourth-order valence-corrected chi connectivity index (χ4v) is 2.91. The van der Waals surface area contributed by atoms with Crippen molar-refractivity contribution >= 4 is 17.5 Å². The molecule has 1 saturated heterocycles. The Hall–Kier alpha value is -2.83. The molecule has 0 saturated carbocycles. The van der Waals surface area contributed by atoms with Crippen molar-refractivity contribution in [3.05, 3.63) is 42.4 Å². The van der Waals surface area contributed by atoms with Gasteiger partial charge in [-0.25, -0.2) is 9.78 Å². The number of carbonyl (C=O) groups excluding carboxylic acids is 1. The highest BCUT2D eigenvalue weighted by atomic mass is 16.5. The molecule has 3 rings (SSSR count). The van der Waals surface area contributed by atoms with E-state index in [9.17, 15) is 4.79 Å². The maximum Gasteiger partial charge on any atom is 0.319 e. The standard InChI is InChI=1S/C18H23N5O2/c1-13-3-4-15(25-2)11-16(13)22-18(24)21-14-5-9-23(10-6-14)17-12-19-7-8-20-17/h3-4,7-8,11-12,14H,5-6,9-10H2,1-2H3,(H2,21,22,24). The van der Waals surface area contributed by atoms with Crippen molar-refractivity contribution in [3.63, 3.8) is 0 Å². The van der Waals surface area contributed by atoms with E-state index in [0.717, 1.165) is 48.7 Å². The van der Waals surface area contributed by atoms with E-state index in [0.29, 0.717) is 0 Å². The molecule has 2 heterocycles. The lowest BCUT2D eigenvalue weighted by Gasteiger charge is -2.32. The predicted octanol–water partition coefficient (Wildman–Crippen LogP) is 2.58. The second-order valence-electron chi connectivity index (χ2n) is 6.10. The summed E-state index contributed by atoms with van der Waals surface area (Å²) in [5, 5.41) is 5.96. The topological polar surface area (TPSA) is 79.4 Å². The van der Waals surface area contributed by atoms with Crippen molar-refractivity contribution in [2.45, 2.75) is 25.8 Å². The van der Waals surface area contributed by atoms with Crippen LogP contribution < -0.4 is 20.3 Å². The minimum Gasteiger partial charge on any atom is -0.497 e. The first-order valence-electron chi connectivity index (χ1n) is 8.39. The zero-order valence-electron chi connectivity index (χ0n) is 14.5. The third kappa shape index (κ3) is 4.37. The summed E-state index contributed by atoms with van der Waals surface area (Å²) in [6, 6.07) is 5.59. The molecule has 132 valence electrons. The Morgan fingerprint density at radius 3 is 2.76 bits per heavy atom. The molecule has 2 amide bonds. The van der Waals surface area contributed by atoms with Crippen molar-refractivity contribution in [1.82, 2.24) is 15.3 Å². The Kier molecular flexibility index (Phi) is 5.33. The fraction of sp³-hybridized carbons (Fsp3) is 0.389. The van der Waals surface area contributed by atoms with Crippen molar-refractivity contribution in [2.75, 3.05) is 30.4 Å². The number of amides is 2. The van der Waals surface area contributed by atoms with Crippen LogP contribution in [0, 0.1) is 6.92 Å². The van der Waals surface area contributed by atoms with Crippen LogP contribution in [0.25, 0.3) is 0 Å². The molecule has 1 aromatic carbocycles. The number of piperidine rings is 1. The van der Waals surface area contributed by atoms with Crippen LogP contribution in [0.15, 0.2) is 36.8 Å². The number of nitrogens with zero attached hydrogens (tertiary/aromatic N) is 3. The van der Waals surface area contributed by atoms with Crippen LogP contribution in [-0.2, 0) is 0 Å². The van der Waals surface area contributed by atoms with E-state index in [2.05, 4.69) is 25.5 Å². The Morgan fingerprint density at radius 1 is 1.28 bits per heavy atom. The number of urea groups is 1. The van der Waals surface area contributed by atoms with Crippen LogP contribution in [0.3, 0.4) is 0 Å². The lowest BCUT2D eigenvalue weighted by molar-refractivity contribution is 0.246. The third-order valence-corrected chi connectivity index (χ3v) is 4.40. The third-order valence-electron chi connectivity index (χ3n) is 4.40. The van der Waals surface area contributed by atoms with Gasteiger partial charge in [0.1, 0.15) is 11.6 Å². The molecule has 0 unspecified atom stereocenters. The maximum absolute atomic E-state index is 12.3. The number of hydrogen-bond donors (Lipinski definition) is 2.